The predicted molar refractivity (Wildman–Crippen MR) is 80.1 cm³/mol. The number of carbonyl (C=O) groups is 1. The van der Waals surface area contributed by atoms with Gasteiger partial charge < -0.3 is 4.90 Å². The quantitative estimate of drug-likeness (QED) is 0.855. The van der Waals surface area contributed by atoms with Crippen molar-refractivity contribution in [2.45, 2.75) is 65.0 Å². The van der Waals surface area contributed by atoms with Crippen LogP contribution in [-0.4, -0.2) is 32.9 Å². The van der Waals surface area contributed by atoms with Gasteiger partial charge in [0, 0.05) is 18.0 Å². The molecule has 4 nitrogen and oxygen atoms in total. The molecule has 110 valence electrons. The van der Waals surface area contributed by atoms with Crippen LogP contribution in [0.4, 0.5) is 0 Å². The van der Waals surface area contributed by atoms with Crippen molar-refractivity contribution < 1.29 is 4.79 Å². The molecule has 5 heteroatoms. The van der Waals surface area contributed by atoms with Gasteiger partial charge in [-0.25, -0.2) is 9.97 Å². The van der Waals surface area contributed by atoms with Crippen LogP contribution in [0.5, 0.6) is 0 Å². The molecule has 1 fully saturated rings. The van der Waals surface area contributed by atoms with Crippen molar-refractivity contribution in [1.82, 2.24) is 14.9 Å². The maximum Gasteiger partial charge on any atom is 0.274 e. The number of halogens is 1. The zero-order chi connectivity index (χ0) is 14.9. The number of hydrogen-bond acceptors (Lipinski definition) is 3. The number of rotatable bonds is 3. The topological polar surface area (TPSA) is 46.1 Å². The Bertz CT molecular complexity index is 504. The van der Waals surface area contributed by atoms with Gasteiger partial charge in [-0.2, -0.15) is 0 Å². The SMILES string of the molecule is CCC1CCC(C)N1C(=O)c1nc(C(C)C)ncc1Cl. The molecule has 0 aliphatic carbocycles. The van der Waals surface area contributed by atoms with Gasteiger partial charge in [0.15, 0.2) is 5.69 Å². The molecule has 0 N–H and O–H groups in total. The van der Waals surface area contributed by atoms with Crippen LogP contribution in [0.15, 0.2) is 6.20 Å². The fourth-order valence-corrected chi connectivity index (χ4v) is 2.94. The standard InChI is InChI=1S/C15H22ClN3O/c1-5-11-7-6-10(4)19(11)15(20)13-12(16)8-17-14(18-13)9(2)3/h8-11H,5-7H2,1-4H3. The van der Waals surface area contributed by atoms with Crippen molar-refractivity contribution in [3.8, 4) is 0 Å². The Morgan fingerprint density at radius 3 is 2.80 bits per heavy atom. The van der Waals surface area contributed by atoms with E-state index < -0.39 is 0 Å². The maximum atomic E-state index is 12.8. The van der Waals surface area contributed by atoms with Crippen LogP contribution < -0.4 is 0 Å². The Balaban J connectivity index is 2.35. The minimum Gasteiger partial charge on any atom is -0.332 e. The third-order valence-corrected chi connectivity index (χ3v) is 4.25. The van der Waals surface area contributed by atoms with Gasteiger partial charge in [-0.1, -0.05) is 32.4 Å². The molecule has 0 bridgehead atoms. The van der Waals surface area contributed by atoms with E-state index in [9.17, 15) is 4.79 Å². The summed E-state index contributed by atoms with van der Waals surface area (Å²) in [7, 11) is 0. The Morgan fingerprint density at radius 2 is 2.20 bits per heavy atom. The smallest absolute Gasteiger partial charge is 0.274 e. The van der Waals surface area contributed by atoms with E-state index >= 15 is 0 Å². The van der Waals surface area contributed by atoms with Crippen molar-refractivity contribution in [3.05, 3.63) is 22.7 Å². The minimum atomic E-state index is -0.0591. The van der Waals surface area contributed by atoms with Crippen LogP contribution in [0.3, 0.4) is 0 Å². The highest BCUT2D eigenvalue weighted by Gasteiger charge is 2.35. The minimum absolute atomic E-state index is 0.0591. The summed E-state index contributed by atoms with van der Waals surface area (Å²) in [4.78, 5) is 23.3. The first-order valence-electron chi connectivity index (χ1n) is 7.30. The van der Waals surface area contributed by atoms with E-state index in [0.29, 0.717) is 22.6 Å². The summed E-state index contributed by atoms with van der Waals surface area (Å²) in [6, 6.07) is 0.548. The molecule has 0 spiro atoms. The molecule has 0 saturated carbocycles. The number of amides is 1. The third kappa shape index (κ3) is 2.80. The molecular weight excluding hydrogens is 274 g/mol. The van der Waals surface area contributed by atoms with Gasteiger partial charge in [0.1, 0.15) is 5.82 Å². The monoisotopic (exact) mass is 295 g/mol. The summed E-state index contributed by atoms with van der Waals surface area (Å²) in [5.74, 6) is 0.783. The normalized spacial score (nSPS) is 22.6. The fourth-order valence-electron chi connectivity index (χ4n) is 2.77. The molecule has 2 atom stereocenters. The van der Waals surface area contributed by atoms with Gasteiger partial charge >= 0.3 is 0 Å². The van der Waals surface area contributed by atoms with Gasteiger partial charge in [0.25, 0.3) is 5.91 Å². The van der Waals surface area contributed by atoms with Crippen molar-refractivity contribution in [2.75, 3.05) is 0 Å². The molecule has 1 aromatic rings. The first kappa shape index (κ1) is 15.2. The Hall–Kier alpha value is -1.16. The van der Waals surface area contributed by atoms with Gasteiger partial charge in [-0.05, 0) is 26.2 Å². The van der Waals surface area contributed by atoms with Crippen LogP contribution in [0.2, 0.25) is 5.02 Å². The van der Waals surface area contributed by atoms with Crippen molar-refractivity contribution in [3.63, 3.8) is 0 Å². The second kappa shape index (κ2) is 6.08. The van der Waals surface area contributed by atoms with Gasteiger partial charge in [0.2, 0.25) is 0 Å². The first-order valence-corrected chi connectivity index (χ1v) is 7.68. The second-order valence-electron chi connectivity index (χ2n) is 5.78. The molecule has 1 aliphatic heterocycles. The molecular formula is C15H22ClN3O. The number of aromatic nitrogens is 2. The summed E-state index contributed by atoms with van der Waals surface area (Å²) in [5.41, 5.74) is 0.345. The molecule has 2 rings (SSSR count). The molecule has 2 heterocycles. The highest BCUT2D eigenvalue weighted by Crippen LogP contribution is 2.29. The summed E-state index contributed by atoms with van der Waals surface area (Å²) in [5, 5.41) is 0.341. The van der Waals surface area contributed by atoms with E-state index in [0.717, 1.165) is 19.3 Å². The number of hydrogen-bond donors (Lipinski definition) is 0. The lowest BCUT2D eigenvalue weighted by Crippen LogP contribution is -2.40. The van der Waals surface area contributed by atoms with E-state index in [1.54, 1.807) is 6.20 Å². The Kier molecular flexibility index (Phi) is 4.63. The summed E-state index contributed by atoms with van der Waals surface area (Å²) in [6.07, 6.45) is 4.61. The Morgan fingerprint density at radius 1 is 1.50 bits per heavy atom. The molecule has 0 radical (unpaired) electrons. The van der Waals surface area contributed by atoms with E-state index in [2.05, 4.69) is 23.8 Å². The largest absolute Gasteiger partial charge is 0.332 e. The van der Waals surface area contributed by atoms with Crippen molar-refractivity contribution in [2.24, 2.45) is 0 Å². The molecule has 1 aromatic heterocycles. The molecule has 20 heavy (non-hydrogen) atoms. The molecule has 0 aromatic carbocycles. The summed E-state index contributed by atoms with van der Waals surface area (Å²) < 4.78 is 0. The van der Waals surface area contributed by atoms with E-state index in [4.69, 9.17) is 11.6 Å². The summed E-state index contributed by atoms with van der Waals surface area (Å²) in [6.45, 7) is 8.21. The van der Waals surface area contributed by atoms with E-state index in [-0.39, 0.29) is 17.9 Å². The van der Waals surface area contributed by atoms with Crippen molar-refractivity contribution >= 4 is 17.5 Å². The maximum absolute atomic E-state index is 12.8. The van der Waals surface area contributed by atoms with Crippen LogP contribution in [-0.2, 0) is 0 Å². The molecule has 1 amide bonds. The van der Waals surface area contributed by atoms with Crippen molar-refractivity contribution in [1.29, 1.82) is 0 Å². The Labute approximate surface area is 125 Å². The highest BCUT2D eigenvalue weighted by atomic mass is 35.5. The number of likely N-dealkylation sites (tertiary alicyclic amines) is 1. The first-order chi connectivity index (χ1) is 9.45. The molecule has 1 aliphatic rings. The number of carbonyl (C=O) groups excluding carboxylic acids is 1. The van der Waals surface area contributed by atoms with Crippen LogP contribution in [0, 0.1) is 0 Å². The lowest BCUT2D eigenvalue weighted by molar-refractivity contribution is 0.0670. The average Bonchev–Trinajstić information content (AvgIpc) is 2.79. The predicted octanol–water partition coefficient (Wildman–Crippen LogP) is 3.66. The average molecular weight is 296 g/mol. The highest BCUT2D eigenvalue weighted by molar-refractivity contribution is 6.33. The van der Waals surface area contributed by atoms with Crippen LogP contribution >= 0.6 is 11.6 Å². The third-order valence-electron chi connectivity index (χ3n) is 3.97. The lowest BCUT2D eigenvalue weighted by atomic mass is 10.1. The molecule has 1 saturated heterocycles. The zero-order valence-electron chi connectivity index (χ0n) is 12.6. The number of nitrogens with zero attached hydrogens (tertiary/aromatic N) is 3. The lowest BCUT2D eigenvalue weighted by Gasteiger charge is -2.28. The van der Waals surface area contributed by atoms with E-state index in [1.165, 1.54) is 0 Å². The van der Waals surface area contributed by atoms with Gasteiger partial charge in [-0.15, -0.1) is 0 Å². The van der Waals surface area contributed by atoms with E-state index in [1.807, 2.05) is 18.7 Å². The fraction of sp³-hybridized carbons (Fsp3) is 0.667. The van der Waals surface area contributed by atoms with Gasteiger partial charge in [-0.3, -0.25) is 4.79 Å². The van der Waals surface area contributed by atoms with Crippen LogP contribution in [0.25, 0.3) is 0 Å². The zero-order valence-corrected chi connectivity index (χ0v) is 13.3. The van der Waals surface area contributed by atoms with Crippen LogP contribution in [0.1, 0.15) is 69.2 Å². The molecule has 2 unspecified atom stereocenters. The second-order valence-corrected chi connectivity index (χ2v) is 6.19. The summed E-state index contributed by atoms with van der Waals surface area (Å²) >= 11 is 6.14. The van der Waals surface area contributed by atoms with Gasteiger partial charge in [0.05, 0.1) is 11.2 Å².